The molecule has 142 valence electrons. The molecule has 0 saturated carbocycles. The van der Waals surface area contributed by atoms with Crippen LogP contribution < -0.4 is 10.3 Å². The van der Waals surface area contributed by atoms with Crippen LogP contribution in [0, 0.1) is 5.82 Å². The fraction of sp³-hybridized carbons (Fsp3) is 0.200. The standard InChI is InChI=1S/C20H17FN4O3/c21-14-1-3-16(4-2-14)28-17-10-24(11-17)8-15-9-25-18(20(26)23-15)7-22-19(25)13-5-6-27-12-13/h1-7,9,12,17H,8,10-11H2,(H,23,26). The molecule has 4 heterocycles. The Morgan fingerprint density at radius 3 is 2.82 bits per heavy atom. The maximum Gasteiger partial charge on any atom is 0.274 e. The molecule has 28 heavy (non-hydrogen) atoms. The zero-order chi connectivity index (χ0) is 19.1. The third kappa shape index (κ3) is 3.07. The Kier molecular flexibility index (Phi) is 3.98. The van der Waals surface area contributed by atoms with E-state index >= 15 is 0 Å². The lowest BCUT2D eigenvalue weighted by atomic mass is 10.1. The van der Waals surface area contributed by atoms with Gasteiger partial charge in [0.15, 0.2) is 0 Å². The molecule has 4 aromatic rings. The van der Waals surface area contributed by atoms with Crippen molar-refractivity contribution in [2.24, 2.45) is 0 Å². The maximum absolute atomic E-state index is 13.0. The van der Waals surface area contributed by atoms with Crippen LogP contribution in [-0.4, -0.2) is 38.5 Å². The molecule has 7 nitrogen and oxygen atoms in total. The van der Waals surface area contributed by atoms with Gasteiger partial charge in [0.1, 0.15) is 35.3 Å². The van der Waals surface area contributed by atoms with Gasteiger partial charge in [-0.3, -0.25) is 14.1 Å². The van der Waals surface area contributed by atoms with Gasteiger partial charge >= 0.3 is 0 Å². The van der Waals surface area contributed by atoms with Crippen molar-refractivity contribution in [3.63, 3.8) is 0 Å². The van der Waals surface area contributed by atoms with E-state index in [1.54, 1.807) is 35.3 Å². The van der Waals surface area contributed by atoms with Crippen molar-refractivity contribution in [3.8, 4) is 17.1 Å². The van der Waals surface area contributed by atoms with Crippen LogP contribution in [0.25, 0.3) is 16.9 Å². The first-order valence-corrected chi connectivity index (χ1v) is 8.92. The van der Waals surface area contributed by atoms with Crippen LogP contribution in [-0.2, 0) is 6.54 Å². The fourth-order valence-electron chi connectivity index (χ4n) is 3.42. The van der Waals surface area contributed by atoms with Crippen molar-refractivity contribution >= 4 is 5.52 Å². The Morgan fingerprint density at radius 2 is 2.07 bits per heavy atom. The topological polar surface area (TPSA) is 75.8 Å². The van der Waals surface area contributed by atoms with Gasteiger partial charge in [-0.1, -0.05) is 0 Å². The predicted octanol–water partition coefficient (Wildman–Crippen LogP) is 2.68. The molecule has 1 N–H and O–H groups in total. The van der Waals surface area contributed by atoms with E-state index < -0.39 is 0 Å². The van der Waals surface area contributed by atoms with E-state index in [9.17, 15) is 9.18 Å². The average Bonchev–Trinajstić information content (AvgIpc) is 3.31. The van der Waals surface area contributed by atoms with Crippen LogP contribution in [0.1, 0.15) is 5.69 Å². The molecule has 8 heteroatoms. The molecule has 5 rings (SSSR count). The maximum atomic E-state index is 13.0. The van der Waals surface area contributed by atoms with Crippen molar-refractivity contribution in [3.05, 3.63) is 77.1 Å². The SMILES string of the molecule is O=c1[nH]c(CN2CC(Oc3ccc(F)cc3)C2)cn2c(-c3ccoc3)ncc12. The van der Waals surface area contributed by atoms with E-state index in [2.05, 4.69) is 14.9 Å². The summed E-state index contributed by atoms with van der Waals surface area (Å²) in [5, 5.41) is 0. The Bertz CT molecular complexity index is 1160. The zero-order valence-corrected chi connectivity index (χ0v) is 14.8. The number of hydrogen-bond donors (Lipinski definition) is 1. The van der Waals surface area contributed by atoms with Crippen molar-refractivity contribution < 1.29 is 13.5 Å². The van der Waals surface area contributed by atoms with Gasteiger partial charge in [-0.2, -0.15) is 0 Å². The second-order valence-electron chi connectivity index (χ2n) is 6.85. The third-order valence-electron chi connectivity index (χ3n) is 4.80. The molecule has 1 aliphatic rings. The minimum Gasteiger partial charge on any atom is -0.488 e. The first-order valence-electron chi connectivity index (χ1n) is 8.92. The summed E-state index contributed by atoms with van der Waals surface area (Å²) in [5.74, 6) is 1.04. The lowest BCUT2D eigenvalue weighted by molar-refractivity contribution is 0.0137. The smallest absolute Gasteiger partial charge is 0.274 e. The Morgan fingerprint density at radius 1 is 1.25 bits per heavy atom. The highest BCUT2D eigenvalue weighted by Gasteiger charge is 2.28. The van der Waals surface area contributed by atoms with Gasteiger partial charge in [-0.05, 0) is 30.3 Å². The van der Waals surface area contributed by atoms with E-state index in [1.807, 2.05) is 12.3 Å². The lowest BCUT2D eigenvalue weighted by Gasteiger charge is -2.38. The molecule has 1 aliphatic heterocycles. The molecule has 0 atom stereocenters. The number of rotatable bonds is 5. The molecule has 1 aromatic carbocycles. The summed E-state index contributed by atoms with van der Waals surface area (Å²) < 4.78 is 25.7. The van der Waals surface area contributed by atoms with Gasteiger partial charge in [-0.25, -0.2) is 9.37 Å². The fourth-order valence-corrected chi connectivity index (χ4v) is 3.42. The van der Waals surface area contributed by atoms with E-state index in [1.165, 1.54) is 12.1 Å². The van der Waals surface area contributed by atoms with Crippen LogP contribution >= 0.6 is 0 Å². The lowest BCUT2D eigenvalue weighted by Crippen LogP contribution is -2.53. The number of likely N-dealkylation sites (tertiary alicyclic amines) is 1. The summed E-state index contributed by atoms with van der Waals surface area (Å²) in [6.07, 6.45) is 6.67. The minimum absolute atomic E-state index is 0.0515. The molecule has 3 aromatic heterocycles. The van der Waals surface area contributed by atoms with E-state index in [0.717, 1.165) is 24.3 Å². The highest BCUT2D eigenvalue weighted by molar-refractivity contribution is 5.60. The number of nitrogens with one attached hydrogen (secondary N) is 1. The number of fused-ring (bicyclic) bond motifs is 1. The number of aromatic nitrogens is 3. The summed E-state index contributed by atoms with van der Waals surface area (Å²) in [5.41, 5.74) is 1.91. The molecule has 0 aliphatic carbocycles. The summed E-state index contributed by atoms with van der Waals surface area (Å²) in [6.45, 7) is 2.06. The van der Waals surface area contributed by atoms with E-state index in [4.69, 9.17) is 9.15 Å². The number of ether oxygens (including phenoxy) is 1. The number of benzene rings is 1. The van der Waals surface area contributed by atoms with E-state index in [0.29, 0.717) is 23.6 Å². The number of H-pyrrole nitrogens is 1. The quantitative estimate of drug-likeness (QED) is 0.576. The van der Waals surface area contributed by atoms with Crippen molar-refractivity contribution in [2.75, 3.05) is 13.1 Å². The molecule has 0 amide bonds. The molecule has 0 bridgehead atoms. The number of halogens is 1. The number of imidazole rings is 1. The minimum atomic E-state index is -0.281. The second-order valence-corrected chi connectivity index (χ2v) is 6.85. The Labute approximate surface area is 159 Å². The van der Waals surface area contributed by atoms with Crippen molar-refractivity contribution in [2.45, 2.75) is 12.6 Å². The van der Waals surface area contributed by atoms with Crippen LogP contribution in [0.2, 0.25) is 0 Å². The van der Waals surface area contributed by atoms with Crippen LogP contribution in [0.3, 0.4) is 0 Å². The third-order valence-corrected chi connectivity index (χ3v) is 4.80. The van der Waals surface area contributed by atoms with E-state index in [-0.39, 0.29) is 17.5 Å². The number of aromatic amines is 1. The summed E-state index contributed by atoms with van der Waals surface area (Å²) in [6, 6.07) is 7.82. The van der Waals surface area contributed by atoms with Gasteiger partial charge in [0.05, 0.1) is 18.0 Å². The molecule has 0 spiro atoms. The molecule has 1 fully saturated rings. The first-order chi connectivity index (χ1) is 13.7. The number of nitrogens with zero attached hydrogens (tertiary/aromatic N) is 3. The second kappa shape index (κ2) is 6.65. The molecule has 0 unspecified atom stereocenters. The van der Waals surface area contributed by atoms with Crippen molar-refractivity contribution in [1.82, 2.24) is 19.3 Å². The van der Waals surface area contributed by atoms with Crippen LogP contribution in [0.4, 0.5) is 4.39 Å². The molecular formula is C20H17FN4O3. The predicted molar refractivity (Wildman–Crippen MR) is 99.6 cm³/mol. The normalized spacial score (nSPS) is 15.0. The monoisotopic (exact) mass is 380 g/mol. The van der Waals surface area contributed by atoms with Gasteiger partial charge in [-0.15, -0.1) is 0 Å². The molecular weight excluding hydrogens is 363 g/mol. The molecule has 1 saturated heterocycles. The van der Waals surface area contributed by atoms with Crippen LogP contribution in [0.15, 0.2) is 64.5 Å². The summed E-state index contributed by atoms with van der Waals surface area (Å²) >= 11 is 0. The van der Waals surface area contributed by atoms with Gasteiger partial charge in [0, 0.05) is 31.5 Å². The number of hydrogen-bond acceptors (Lipinski definition) is 5. The van der Waals surface area contributed by atoms with Gasteiger partial charge < -0.3 is 14.1 Å². The van der Waals surface area contributed by atoms with Gasteiger partial charge in [0.25, 0.3) is 5.56 Å². The Hall–Kier alpha value is -3.39. The number of furan rings is 1. The highest BCUT2D eigenvalue weighted by atomic mass is 19.1. The summed E-state index contributed by atoms with van der Waals surface area (Å²) in [7, 11) is 0. The van der Waals surface area contributed by atoms with Gasteiger partial charge in [0.2, 0.25) is 0 Å². The molecule has 0 radical (unpaired) electrons. The van der Waals surface area contributed by atoms with Crippen LogP contribution in [0.5, 0.6) is 5.75 Å². The average molecular weight is 380 g/mol. The first kappa shape index (κ1) is 16.8. The zero-order valence-electron chi connectivity index (χ0n) is 14.8. The largest absolute Gasteiger partial charge is 0.488 e. The summed E-state index contributed by atoms with van der Waals surface area (Å²) in [4.78, 5) is 21.8. The Balaban J connectivity index is 1.29. The highest BCUT2D eigenvalue weighted by Crippen LogP contribution is 2.21. The van der Waals surface area contributed by atoms with Crippen molar-refractivity contribution in [1.29, 1.82) is 0 Å².